The summed E-state index contributed by atoms with van der Waals surface area (Å²) in [5.74, 6) is 3.89. The number of rotatable bonds is 2. The van der Waals surface area contributed by atoms with Crippen LogP contribution in [0.25, 0.3) is 0 Å². The van der Waals surface area contributed by atoms with Gasteiger partial charge in [-0.25, -0.2) is 0 Å². The molecule has 4 saturated carbocycles. The Labute approximate surface area is 133 Å². The molecule has 0 aromatic rings. The summed E-state index contributed by atoms with van der Waals surface area (Å²) in [5.41, 5.74) is 0.554. The zero-order chi connectivity index (χ0) is 15.3. The maximum absolute atomic E-state index is 12.2. The number of hydrogen-bond acceptors (Lipinski definition) is 2. The summed E-state index contributed by atoms with van der Waals surface area (Å²) in [4.78, 5) is 25.1. The third-order valence-corrected chi connectivity index (χ3v) is 7.30. The lowest BCUT2D eigenvalue weighted by molar-refractivity contribution is -0.150. The zero-order valence-corrected chi connectivity index (χ0v) is 13.6. The van der Waals surface area contributed by atoms with E-state index in [-0.39, 0.29) is 18.4 Å². The lowest BCUT2D eigenvalue weighted by atomic mass is 9.43. The van der Waals surface area contributed by atoms with E-state index in [4.69, 9.17) is 0 Å². The highest BCUT2D eigenvalue weighted by Gasteiger charge is 2.57. The van der Waals surface area contributed by atoms with Gasteiger partial charge >= 0.3 is 0 Å². The Bertz CT molecular complexity index is 449. The number of carbonyl (C=O) groups is 2. The molecule has 0 aromatic heterocycles. The predicted molar refractivity (Wildman–Crippen MR) is 84.0 cm³/mol. The number of piperidine rings is 1. The molecule has 1 N–H and O–H groups in total. The number of hydrogen-bond donors (Lipinski definition) is 1. The van der Waals surface area contributed by atoms with Gasteiger partial charge in [-0.2, -0.15) is 0 Å². The van der Waals surface area contributed by atoms with Crippen molar-refractivity contribution in [3.8, 4) is 0 Å². The molecule has 1 spiro atoms. The molecule has 2 amide bonds. The van der Waals surface area contributed by atoms with Gasteiger partial charge in [0.25, 0.3) is 0 Å². The quantitative estimate of drug-likeness (QED) is 0.850. The first-order valence-electron chi connectivity index (χ1n) is 9.09. The SMILES string of the molecule is CC(=O)NCC(=O)N1CCC2(CC1)C1CC3CC(C1)CC2C3. The van der Waals surface area contributed by atoms with Gasteiger partial charge in [0.05, 0.1) is 6.54 Å². The fourth-order valence-electron chi connectivity index (χ4n) is 6.42. The minimum atomic E-state index is -0.122. The van der Waals surface area contributed by atoms with Crippen LogP contribution in [-0.2, 0) is 9.59 Å². The summed E-state index contributed by atoms with van der Waals surface area (Å²) in [6.07, 6.45) is 9.77. The Morgan fingerprint density at radius 2 is 1.55 bits per heavy atom. The van der Waals surface area contributed by atoms with Crippen LogP contribution in [0.5, 0.6) is 0 Å². The van der Waals surface area contributed by atoms with Gasteiger partial charge in [-0.15, -0.1) is 0 Å². The summed E-state index contributed by atoms with van der Waals surface area (Å²) in [5, 5.41) is 2.63. The van der Waals surface area contributed by atoms with E-state index in [1.54, 1.807) is 0 Å². The molecule has 122 valence electrons. The van der Waals surface area contributed by atoms with E-state index >= 15 is 0 Å². The van der Waals surface area contributed by atoms with Crippen molar-refractivity contribution in [2.24, 2.45) is 29.1 Å². The first kappa shape index (κ1) is 14.5. The van der Waals surface area contributed by atoms with Crippen molar-refractivity contribution in [1.29, 1.82) is 0 Å². The summed E-state index contributed by atoms with van der Waals surface area (Å²) < 4.78 is 0. The molecule has 4 aliphatic carbocycles. The van der Waals surface area contributed by atoms with E-state index in [1.807, 2.05) is 4.90 Å². The molecule has 4 bridgehead atoms. The third kappa shape index (κ3) is 2.26. The summed E-state index contributed by atoms with van der Waals surface area (Å²) in [7, 11) is 0. The summed E-state index contributed by atoms with van der Waals surface area (Å²) >= 11 is 0. The van der Waals surface area contributed by atoms with Gasteiger partial charge in [0.15, 0.2) is 0 Å². The largest absolute Gasteiger partial charge is 0.347 e. The fourth-order valence-corrected chi connectivity index (χ4v) is 6.42. The van der Waals surface area contributed by atoms with Gasteiger partial charge < -0.3 is 10.2 Å². The van der Waals surface area contributed by atoms with Crippen molar-refractivity contribution in [2.75, 3.05) is 19.6 Å². The van der Waals surface area contributed by atoms with Crippen LogP contribution in [0, 0.1) is 29.1 Å². The van der Waals surface area contributed by atoms with Crippen molar-refractivity contribution in [2.45, 2.75) is 51.9 Å². The average Bonchev–Trinajstić information content (AvgIpc) is 2.50. The molecule has 0 unspecified atom stereocenters. The monoisotopic (exact) mass is 304 g/mol. The molecule has 1 heterocycles. The number of nitrogens with zero attached hydrogens (tertiary/aromatic N) is 1. The Hall–Kier alpha value is -1.06. The Balaban J connectivity index is 1.39. The van der Waals surface area contributed by atoms with Gasteiger partial charge in [-0.1, -0.05) is 0 Å². The zero-order valence-electron chi connectivity index (χ0n) is 13.6. The highest BCUT2D eigenvalue weighted by atomic mass is 16.2. The highest BCUT2D eigenvalue weighted by Crippen LogP contribution is 2.65. The summed E-state index contributed by atoms with van der Waals surface area (Å²) in [6.45, 7) is 3.44. The van der Waals surface area contributed by atoms with Gasteiger partial charge in [0.1, 0.15) is 0 Å². The second kappa shape index (κ2) is 5.24. The lowest BCUT2D eigenvalue weighted by Gasteiger charge is -2.63. The number of likely N-dealkylation sites (tertiary alicyclic amines) is 1. The summed E-state index contributed by atoms with van der Waals surface area (Å²) in [6, 6.07) is 0. The highest BCUT2D eigenvalue weighted by molar-refractivity contribution is 5.83. The van der Waals surface area contributed by atoms with Crippen molar-refractivity contribution in [3.63, 3.8) is 0 Å². The van der Waals surface area contributed by atoms with Crippen LogP contribution in [0.1, 0.15) is 51.9 Å². The molecule has 0 aromatic carbocycles. The molecule has 0 atom stereocenters. The molecule has 4 nitrogen and oxygen atoms in total. The van der Waals surface area contributed by atoms with E-state index in [0.29, 0.717) is 5.41 Å². The van der Waals surface area contributed by atoms with Crippen molar-refractivity contribution < 1.29 is 9.59 Å². The number of nitrogens with one attached hydrogen (secondary N) is 1. The minimum Gasteiger partial charge on any atom is -0.347 e. The van der Waals surface area contributed by atoms with Gasteiger partial charge in [0.2, 0.25) is 11.8 Å². The van der Waals surface area contributed by atoms with Crippen LogP contribution < -0.4 is 5.32 Å². The average molecular weight is 304 g/mol. The first-order chi connectivity index (χ1) is 10.6. The normalized spacial score (nSPS) is 38.3. The second-order valence-corrected chi connectivity index (χ2v) is 8.33. The van der Waals surface area contributed by atoms with Crippen LogP contribution in [0.15, 0.2) is 0 Å². The van der Waals surface area contributed by atoms with E-state index in [0.717, 1.165) is 36.8 Å². The topological polar surface area (TPSA) is 49.4 Å². The predicted octanol–water partition coefficient (Wildman–Crippen LogP) is 2.19. The molecule has 22 heavy (non-hydrogen) atoms. The molecule has 5 aliphatic rings. The maximum atomic E-state index is 12.2. The second-order valence-electron chi connectivity index (χ2n) is 8.33. The van der Waals surface area contributed by atoms with E-state index in [1.165, 1.54) is 51.9 Å². The van der Waals surface area contributed by atoms with Crippen molar-refractivity contribution in [1.82, 2.24) is 10.2 Å². The van der Waals surface area contributed by atoms with Crippen LogP contribution in [0.4, 0.5) is 0 Å². The lowest BCUT2D eigenvalue weighted by Crippen LogP contribution is -2.58. The van der Waals surface area contributed by atoms with E-state index < -0.39 is 0 Å². The standard InChI is InChI=1S/C18H28N2O2/c1-12(21)19-11-17(22)20-4-2-18(3-5-20)15-7-13-6-14(9-15)10-16(18)8-13/h13-16H,2-11H2,1H3,(H,19,21). The van der Waals surface area contributed by atoms with E-state index in [2.05, 4.69) is 5.32 Å². The number of amides is 2. The third-order valence-electron chi connectivity index (χ3n) is 7.30. The first-order valence-corrected chi connectivity index (χ1v) is 9.09. The molecular formula is C18H28N2O2. The van der Waals surface area contributed by atoms with E-state index in [9.17, 15) is 9.59 Å². The van der Waals surface area contributed by atoms with Crippen molar-refractivity contribution in [3.05, 3.63) is 0 Å². The van der Waals surface area contributed by atoms with Crippen LogP contribution >= 0.6 is 0 Å². The molecule has 1 saturated heterocycles. The minimum absolute atomic E-state index is 0.0915. The Morgan fingerprint density at radius 1 is 1.00 bits per heavy atom. The maximum Gasteiger partial charge on any atom is 0.241 e. The van der Waals surface area contributed by atoms with Crippen LogP contribution in [0.2, 0.25) is 0 Å². The van der Waals surface area contributed by atoms with Crippen molar-refractivity contribution >= 4 is 11.8 Å². The molecule has 4 heteroatoms. The fraction of sp³-hybridized carbons (Fsp3) is 0.889. The van der Waals surface area contributed by atoms with Crippen LogP contribution in [-0.4, -0.2) is 36.3 Å². The Morgan fingerprint density at radius 3 is 2.05 bits per heavy atom. The molecular weight excluding hydrogens is 276 g/mol. The Kier molecular flexibility index (Phi) is 3.46. The molecule has 1 aliphatic heterocycles. The molecule has 0 radical (unpaired) electrons. The smallest absolute Gasteiger partial charge is 0.241 e. The molecule has 5 fully saturated rings. The van der Waals surface area contributed by atoms with Gasteiger partial charge in [-0.3, -0.25) is 9.59 Å². The van der Waals surface area contributed by atoms with Gasteiger partial charge in [0, 0.05) is 20.0 Å². The van der Waals surface area contributed by atoms with Crippen LogP contribution in [0.3, 0.4) is 0 Å². The van der Waals surface area contributed by atoms with Gasteiger partial charge in [-0.05, 0) is 74.0 Å². The molecule has 5 rings (SSSR count). The number of carbonyl (C=O) groups excluding carboxylic acids is 2.